The van der Waals surface area contributed by atoms with Crippen LogP contribution in [0.5, 0.6) is 0 Å². The molecule has 1 amide bonds. The Morgan fingerprint density at radius 1 is 1.11 bits per heavy atom. The predicted octanol–water partition coefficient (Wildman–Crippen LogP) is 4.29. The fourth-order valence-corrected chi connectivity index (χ4v) is 5.23. The number of hydrogen-bond acceptors (Lipinski definition) is 3. The van der Waals surface area contributed by atoms with E-state index in [0.717, 1.165) is 31.2 Å². The summed E-state index contributed by atoms with van der Waals surface area (Å²) in [5.74, 6) is -0.262. The topological polar surface area (TPSA) is 66.5 Å². The fraction of sp³-hybridized carbons (Fsp3) is 0.318. The van der Waals surface area contributed by atoms with Crippen molar-refractivity contribution in [3.8, 4) is 0 Å². The van der Waals surface area contributed by atoms with E-state index >= 15 is 0 Å². The van der Waals surface area contributed by atoms with Gasteiger partial charge in [-0.05, 0) is 55.2 Å². The Kier molecular flexibility index (Phi) is 6.65. The highest BCUT2D eigenvalue weighted by Crippen LogP contribution is 2.27. The normalized spacial score (nSPS) is 18.2. The van der Waals surface area contributed by atoms with Crippen LogP contribution in [0.4, 0.5) is 5.69 Å². The number of nitrogens with zero attached hydrogens (tertiary/aromatic N) is 1. The van der Waals surface area contributed by atoms with E-state index in [1.165, 1.54) is 6.08 Å². The van der Waals surface area contributed by atoms with Crippen molar-refractivity contribution in [3.63, 3.8) is 0 Å². The zero-order chi connectivity index (χ0) is 20.0. The van der Waals surface area contributed by atoms with E-state index in [2.05, 4.69) is 5.32 Å². The van der Waals surface area contributed by atoms with Crippen molar-refractivity contribution in [1.29, 1.82) is 0 Å². The van der Waals surface area contributed by atoms with Crippen molar-refractivity contribution in [1.82, 2.24) is 4.31 Å². The van der Waals surface area contributed by atoms with Gasteiger partial charge in [0.1, 0.15) is 0 Å². The lowest BCUT2D eigenvalue weighted by molar-refractivity contribution is -0.111. The summed E-state index contributed by atoms with van der Waals surface area (Å²) < 4.78 is 27.6. The molecule has 1 heterocycles. The first-order valence-electron chi connectivity index (χ1n) is 9.66. The molecule has 3 rings (SSSR count). The monoisotopic (exact) mass is 398 g/mol. The first-order valence-corrected chi connectivity index (χ1v) is 11.1. The van der Waals surface area contributed by atoms with E-state index in [-0.39, 0.29) is 16.8 Å². The zero-order valence-corrected chi connectivity index (χ0v) is 16.9. The largest absolute Gasteiger partial charge is 0.323 e. The molecule has 148 valence electrons. The molecule has 2 aromatic rings. The molecule has 0 bridgehead atoms. The third-order valence-electron chi connectivity index (χ3n) is 5.00. The summed E-state index contributed by atoms with van der Waals surface area (Å²) in [4.78, 5) is 12.3. The molecule has 0 aliphatic carbocycles. The van der Waals surface area contributed by atoms with Crippen LogP contribution in [0.2, 0.25) is 0 Å². The second kappa shape index (κ2) is 9.17. The number of anilines is 1. The van der Waals surface area contributed by atoms with Crippen molar-refractivity contribution in [2.24, 2.45) is 0 Å². The van der Waals surface area contributed by atoms with Crippen molar-refractivity contribution < 1.29 is 13.2 Å². The summed E-state index contributed by atoms with van der Waals surface area (Å²) in [5, 5.41) is 2.76. The first kappa shape index (κ1) is 20.3. The van der Waals surface area contributed by atoms with Gasteiger partial charge in [-0.2, -0.15) is 4.31 Å². The number of carbonyl (C=O) groups is 1. The number of sulfonamides is 1. The van der Waals surface area contributed by atoms with Crippen LogP contribution in [0.15, 0.2) is 65.6 Å². The number of amides is 1. The summed E-state index contributed by atoms with van der Waals surface area (Å²) in [6, 6.07) is 16.0. The molecule has 28 heavy (non-hydrogen) atoms. The van der Waals surface area contributed by atoms with Gasteiger partial charge in [0.15, 0.2) is 0 Å². The van der Waals surface area contributed by atoms with Gasteiger partial charge in [0.05, 0.1) is 4.90 Å². The number of benzene rings is 2. The molecule has 0 radical (unpaired) electrons. The molecule has 5 nitrogen and oxygen atoms in total. The van der Waals surface area contributed by atoms with Crippen LogP contribution < -0.4 is 5.32 Å². The van der Waals surface area contributed by atoms with E-state index in [4.69, 9.17) is 0 Å². The van der Waals surface area contributed by atoms with Gasteiger partial charge in [-0.15, -0.1) is 0 Å². The number of nitrogens with one attached hydrogen (secondary N) is 1. The van der Waals surface area contributed by atoms with E-state index in [0.29, 0.717) is 12.2 Å². The van der Waals surface area contributed by atoms with Gasteiger partial charge < -0.3 is 5.32 Å². The molecular formula is C22H26N2O3S. The van der Waals surface area contributed by atoms with E-state index in [9.17, 15) is 13.2 Å². The third kappa shape index (κ3) is 4.88. The summed E-state index contributed by atoms with van der Waals surface area (Å²) in [5.41, 5.74) is 1.50. The van der Waals surface area contributed by atoms with E-state index < -0.39 is 10.0 Å². The average Bonchev–Trinajstić information content (AvgIpc) is 2.73. The minimum absolute atomic E-state index is 0.0706. The highest BCUT2D eigenvalue weighted by Gasteiger charge is 2.32. The average molecular weight is 399 g/mol. The maximum atomic E-state index is 13.0. The minimum atomic E-state index is -3.51. The molecule has 1 atom stereocenters. The summed E-state index contributed by atoms with van der Waals surface area (Å²) in [6.07, 6.45) is 6.90. The van der Waals surface area contributed by atoms with Gasteiger partial charge in [0.25, 0.3) is 0 Å². The molecule has 1 aliphatic rings. The molecule has 1 unspecified atom stereocenters. The van der Waals surface area contributed by atoms with E-state index in [1.807, 2.05) is 37.3 Å². The van der Waals surface area contributed by atoms with Gasteiger partial charge in [-0.3, -0.25) is 4.79 Å². The highest BCUT2D eigenvalue weighted by molar-refractivity contribution is 7.89. The number of piperidine rings is 1. The quantitative estimate of drug-likeness (QED) is 0.738. The van der Waals surface area contributed by atoms with Crippen LogP contribution >= 0.6 is 0 Å². The van der Waals surface area contributed by atoms with Crippen LogP contribution in [-0.2, 0) is 14.8 Å². The van der Waals surface area contributed by atoms with E-state index in [1.54, 1.807) is 34.6 Å². The van der Waals surface area contributed by atoms with Crippen molar-refractivity contribution in [2.45, 2.75) is 43.5 Å². The Morgan fingerprint density at radius 3 is 2.50 bits per heavy atom. The molecule has 1 fully saturated rings. The van der Waals surface area contributed by atoms with Gasteiger partial charge in [0.2, 0.25) is 15.9 Å². The van der Waals surface area contributed by atoms with Gasteiger partial charge >= 0.3 is 0 Å². The zero-order valence-electron chi connectivity index (χ0n) is 16.0. The second-order valence-corrected chi connectivity index (χ2v) is 8.82. The molecule has 1 saturated heterocycles. The minimum Gasteiger partial charge on any atom is -0.323 e. The number of rotatable bonds is 6. The Hall–Kier alpha value is -2.44. The molecule has 2 aromatic carbocycles. The molecule has 0 aromatic heterocycles. The SMILES string of the molecule is CCC1CCCCN1S(=O)(=O)c1ccc(NC(=O)/C=C/c2ccccc2)cc1. The highest BCUT2D eigenvalue weighted by atomic mass is 32.2. The van der Waals surface area contributed by atoms with Crippen LogP contribution in [0.3, 0.4) is 0 Å². The second-order valence-electron chi connectivity index (χ2n) is 6.93. The van der Waals surface area contributed by atoms with Crippen LogP contribution in [-0.4, -0.2) is 31.2 Å². The Balaban J connectivity index is 1.67. The molecule has 0 spiro atoms. The summed E-state index contributed by atoms with van der Waals surface area (Å²) >= 11 is 0. The Bertz CT molecular complexity index is 922. The van der Waals surface area contributed by atoms with Crippen LogP contribution in [0.25, 0.3) is 6.08 Å². The fourth-order valence-electron chi connectivity index (χ4n) is 3.46. The number of carbonyl (C=O) groups excluding carboxylic acids is 1. The van der Waals surface area contributed by atoms with Crippen molar-refractivity contribution >= 4 is 27.7 Å². The predicted molar refractivity (Wildman–Crippen MR) is 112 cm³/mol. The standard InChI is InChI=1S/C22H26N2O3S/c1-2-20-10-6-7-17-24(20)28(26,27)21-14-12-19(13-15-21)23-22(25)16-11-18-8-4-3-5-9-18/h3-5,8-9,11-16,20H,2,6-7,10,17H2,1H3,(H,23,25)/b16-11+. The maximum Gasteiger partial charge on any atom is 0.248 e. The molecule has 1 aliphatic heterocycles. The molecular weight excluding hydrogens is 372 g/mol. The van der Waals surface area contributed by atoms with Crippen LogP contribution in [0.1, 0.15) is 38.2 Å². The Labute approximate surface area is 167 Å². The summed E-state index contributed by atoms with van der Waals surface area (Å²) in [7, 11) is -3.51. The maximum absolute atomic E-state index is 13.0. The summed E-state index contributed by atoms with van der Waals surface area (Å²) in [6.45, 7) is 2.60. The van der Waals surface area contributed by atoms with Crippen molar-refractivity contribution in [2.75, 3.05) is 11.9 Å². The van der Waals surface area contributed by atoms with Crippen LogP contribution in [0, 0.1) is 0 Å². The van der Waals surface area contributed by atoms with Gasteiger partial charge in [-0.1, -0.05) is 43.7 Å². The van der Waals surface area contributed by atoms with Gasteiger partial charge in [-0.25, -0.2) is 8.42 Å². The number of hydrogen-bond donors (Lipinski definition) is 1. The van der Waals surface area contributed by atoms with Crippen molar-refractivity contribution in [3.05, 3.63) is 66.2 Å². The van der Waals surface area contributed by atoms with Gasteiger partial charge in [0, 0.05) is 24.4 Å². The smallest absolute Gasteiger partial charge is 0.248 e. The molecule has 0 saturated carbocycles. The first-order chi connectivity index (χ1) is 13.5. The lowest BCUT2D eigenvalue weighted by Crippen LogP contribution is -2.43. The molecule has 6 heteroatoms. The Morgan fingerprint density at radius 2 is 1.82 bits per heavy atom. The third-order valence-corrected chi connectivity index (χ3v) is 6.97. The lowest BCUT2D eigenvalue weighted by Gasteiger charge is -2.34. The molecule has 1 N–H and O–H groups in total. The lowest BCUT2D eigenvalue weighted by atomic mass is 10.0.